The number of hydrogen-bond donors (Lipinski definition) is 1. The van der Waals surface area contributed by atoms with Crippen LogP contribution in [0.3, 0.4) is 0 Å². The fourth-order valence-corrected chi connectivity index (χ4v) is 3.40. The molecule has 0 bridgehead atoms. The number of nitrogens with one attached hydrogen (secondary N) is 1. The number of methoxy groups -OCH3 is 1. The molecule has 0 amide bonds. The maximum Gasteiger partial charge on any atom is 0.262 e. The van der Waals surface area contributed by atoms with Crippen molar-refractivity contribution in [2.45, 2.75) is 4.90 Å². The average molecular weight is 378 g/mol. The van der Waals surface area contributed by atoms with E-state index < -0.39 is 27.3 Å². The van der Waals surface area contributed by atoms with E-state index in [1.807, 2.05) is 4.72 Å². The van der Waals surface area contributed by atoms with Crippen LogP contribution < -0.4 is 9.46 Å². The fraction of sp³-hybridized carbons (Fsp3) is 0.0769. The molecule has 0 aliphatic rings. The molecule has 0 saturated carbocycles. The molecule has 21 heavy (non-hydrogen) atoms. The van der Waals surface area contributed by atoms with E-state index in [4.69, 9.17) is 4.74 Å². The highest BCUT2D eigenvalue weighted by molar-refractivity contribution is 9.10. The van der Waals surface area contributed by atoms with Crippen molar-refractivity contribution in [3.63, 3.8) is 0 Å². The van der Waals surface area contributed by atoms with Crippen LogP contribution in [0.15, 0.2) is 45.8 Å². The lowest BCUT2D eigenvalue weighted by atomic mass is 10.3. The second-order valence-corrected chi connectivity index (χ2v) is 6.54. The topological polar surface area (TPSA) is 55.4 Å². The van der Waals surface area contributed by atoms with Gasteiger partial charge in [0.15, 0.2) is 0 Å². The van der Waals surface area contributed by atoms with Gasteiger partial charge in [-0.05, 0) is 46.3 Å². The number of hydrogen-bond acceptors (Lipinski definition) is 3. The number of para-hydroxylation sites is 1. The molecule has 0 aliphatic carbocycles. The van der Waals surface area contributed by atoms with E-state index in [1.165, 1.54) is 25.3 Å². The quantitative estimate of drug-likeness (QED) is 0.886. The smallest absolute Gasteiger partial charge is 0.262 e. The minimum absolute atomic E-state index is 0.155. The number of ether oxygens (including phenoxy) is 1. The summed E-state index contributed by atoms with van der Waals surface area (Å²) in [5.74, 6) is -1.55. The number of benzene rings is 2. The SMILES string of the molecule is COc1ccc(S(=O)(=O)Nc2c(F)cccc2F)cc1Br. The maximum atomic E-state index is 13.5. The van der Waals surface area contributed by atoms with E-state index in [0.29, 0.717) is 10.2 Å². The first-order chi connectivity index (χ1) is 9.85. The molecule has 0 saturated heterocycles. The zero-order valence-electron chi connectivity index (χ0n) is 10.7. The molecular weight excluding hydrogens is 368 g/mol. The summed E-state index contributed by atoms with van der Waals surface area (Å²) in [5.41, 5.74) is -0.718. The van der Waals surface area contributed by atoms with Crippen LogP contribution >= 0.6 is 15.9 Å². The molecule has 0 unspecified atom stereocenters. The second-order valence-electron chi connectivity index (χ2n) is 4.00. The zero-order chi connectivity index (χ0) is 15.6. The number of anilines is 1. The monoisotopic (exact) mass is 377 g/mol. The summed E-state index contributed by atoms with van der Waals surface area (Å²) in [4.78, 5) is -0.155. The van der Waals surface area contributed by atoms with Crippen LogP contribution in [-0.4, -0.2) is 15.5 Å². The Morgan fingerprint density at radius 2 is 1.76 bits per heavy atom. The van der Waals surface area contributed by atoms with Gasteiger partial charge in [0.2, 0.25) is 0 Å². The molecule has 0 radical (unpaired) electrons. The third-order valence-corrected chi connectivity index (χ3v) is 4.60. The molecule has 0 heterocycles. The van der Waals surface area contributed by atoms with Crippen molar-refractivity contribution in [1.82, 2.24) is 0 Å². The van der Waals surface area contributed by atoms with Crippen molar-refractivity contribution in [2.24, 2.45) is 0 Å². The van der Waals surface area contributed by atoms with Crippen molar-refractivity contribution >= 4 is 31.6 Å². The Kier molecular flexibility index (Phi) is 4.48. The van der Waals surface area contributed by atoms with Gasteiger partial charge in [0.25, 0.3) is 10.0 Å². The van der Waals surface area contributed by atoms with Crippen LogP contribution in [0.2, 0.25) is 0 Å². The van der Waals surface area contributed by atoms with Gasteiger partial charge in [-0.15, -0.1) is 0 Å². The predicted octanol–water partition coefficient (Wildman–Crippen LogP) is 3.54. The lowest BCUT2D eigenvalue weighted by Gasteiger charge is -2.11. The van der Waals surface area contributed by atoms with E-state index in [0.717, 1.165) is 18.2 Å². The third kappa shape index (κ3) is 3.33. The highest BCUT2D eigenvalue weighted by Crippen LogP contribution is 2.29. The molecule has 2 rings (SSSR count). The Morgan fingerprint density at radius 3 is 2.29 bits per heavy atom. The summed E-state index contributed by atoms with van der Waals surface area (Å²) in [6, 6.07) is 7.04. The molecule has 0 aromatic heterocycles. The fourth-order valence-electron chi connectivity index (χ4n) is 1.60. The van der Waals surface area contributed by atoms with E-state index in [1.54, 1.807) is 0 Å². The molecule has 0 aliphatic heterocycles. The molecule has 4 nitrogen and oxygen atoms in total. The highest BCUT2D eigenvalue weighted by atomic mass is 79.9. The molecule has 112 valence electrons. The van der Waals surface area contributed by atoms with E-state index in [9.17, 15) is 17.2 Å². The van der Waals surface area contributed by atoms with Crippen molar-refractivity contribution < 1.29 is 21.9 Å². The lowest BCUT2D eigenvalue weighted by molar-refractivity contribution is 0.411. The van der Waals surface area contributed by atoms with E-state index >= 15 is 0 Å². The van der Waals surface area contributed by atoms with Crippen LogP contribution in [0, 0.1) is 11.6 Å². The van der Waals surface area contributed by atoms with E-state index in [-0.39, 0.29) is 4.90 Å². The normalized spacial score (nSPS) is 11.2. The van der Waals surface area contributed by atoms with Gasteiger partial charge < -0.3 is 4.74 Å². The summed E-state index contributed by atoms with van der Waals surface area (Å²) in [6.45, 7) is 0. The van der Waals surface area contributed by atoms with Crippen LogP contribution in [0.4, 0.5) is 14.5 Å². The first kappa shape index (κ1) is 15.7. The maximum absolute atomic E-state index is 13.5. The highest BCUT2D eigenvalue weighted by Gasteiger charge is 2.20. The zero-order valence-corrected chi connectivity index (χ0v) is 13.1. The second kappa shape index (κ2) is 5.98. The number of halogens is 3. The number of rotatable bonds is 4. The van der Waals surface area contributed by atoms with Crippen molar-refractivity contribution in [3.8, 4) is 5.75 Å². The first-order valence-corrected chi connectivity index (χ1v) is 7.93. The van der Waals surface area contributed by atoms with Crippen LogP contribution in [0.1, 0.15) is 0 Å². The Morgan fingerprint density at radius 1 is 1.14 bits per heavy atom. The average Bonchev–Trinajstić information content (AvgIpc) is 2.43. The van der Waals surface area contributed by atoms with Gasteiger partial charge in [-0.1, -0.05) is 6.07 Å². The Balaban J connectivity index is 2.41. The molecule has 2 aromatic rings. The molecule has 8 heteroatoms. The molecule has 0 atom stereocenters. The van der Waals surface area contributed by atoms with Crippen molar-refractivity contribution in [1.29, 1.82) is 0 Å². The van der Waals surface area contributed by atoms with Gasteiger partial charge in [0.1, 0.15) is 23.1 Å². The Hall–Kier alpha value is -1.67. The first-order valence-electron chi connectivity index (χ1n) is 5.65. The number of sulfonamides is 1. The summed E-state index contributed by atoms with van der Waals surface area (Å²) < 4.78 is 58.6. The summed E-state index contributed by atoms with van der Waals surface area (Å²) >= 11 is 3.15. The van der Waals surface area contributed by atoms with Gasteiger partial charge in [-0.25, -0.2) is 17.2 Å². The molecular formula is C13H10BrF2NO3S. The van der Waals surface area contributed by atoms with Gasteiger partial charge >= 0.3 is 0 Å². The van der Waals surface area contributed by atoms with Crippen molar-refractivity contribution in [3.05, 3.63) is 52.5 Å². The molecule has 0 spiro atoms. The largest absolute Gasteiger partial charge is 0.496 e. The van der Waals surface area contributed by atoms with Crippen LogP contribution in [0.5, 0.6) is 5.75 Å². The summed E-state index contributed by atoms with van der Waals surface area (Å²) in [6.07, 6.45) is 0. The van der Waals surface area contributed by atoms with Gasteiger partial charge in [-0.2, -0.15) is 0 Å². The predicted molar refractivity (Wildman–Crippen MR) is 77.9 cm³/mol. The van der Waals surface area contributed by atoms with Gasteiger partial charge in [0, 0.05) is 0 Å². The van der Waals surface area contributed by atoms with Crippen molar-refractivity contribution in [2.75, 3.05) is 11.8 Å². The van der Waals surface area contributed by atoms with Gasteiger partial charge in [0.05, 0.1) is 16.5 Å². The van der Waals surface area contributed by atoms with E-state index in [2.05, 4.69) is 15.9 Å². The lowest BCUT2D eigenvalue weighted by Crippen LogP contribution is -2.15. The Labute approximate surface area is 128 Å². The third-order valence-electron chi connectivity index (χ3n) is 2.63. The standard InChI is InChI=1S/C13H10BrF2NO3S/c1-20-12-6-5-8(7-9(12)14)21(18,19)17-13-10(15)3-2-4-11(13)16/h2-7,17H,1H3. The summed E-state index contributed by atoms with van der Waals surface area (Å²) in [7, 11) is -2.69. The molecule has 1 N–H and O–H groups in total. The van der Waals surface area contributed by atoms with Crippen LogP contribution in [0.25, 0.3) is 0 Å². The minimum Gasteiger partial charge on any atom is -0.496 e. The molecule has 2 aromatic carbocycles. The van der Waals surface area contributed by atoms with Gasteiger partial charge in [-0.3, -0.25) is 4.72 Å². The Bertz CT molecular complexity index is 761. The van der Waals surface area contributed by atoms with Crippen LogP contribution in [-0.2, 0) is 10.0 Å². The summed E-state index contributed by atoms with van der Waals surface area (Å²) in [5, 5.41) is 0. The minimum atomic E-state index is -4.12. The molecule has 0 fully saturated rings.